The third-order valence-electron chi connectivity index (χ3n) is 2.28. The van der Waals surface area contributed by atoms with E-state index in [9.17, 15) is 13.2 Å². The standard InChI is InChI=1S/C12H8BrF3N2/c1-7-4-8(6-9(5-7)12(14,15)16)11-17-3-2-10(13)18-11/h2-6H,1H3. The zero-order chi connectivity index (χ0) is 13.3. The number of aryl methyl sites for hydroxylation is 1. The predicted molar refractivity (Wildman–Crippen MR) is 64.9 cm³/mol. The average molecular weight is 317 g/mol. The first kappa shape index (κ1) is 13.0. The molecule has 0 bridgehead atoms. The molecule has 2 rings (SSSR count). The largest absolute Gasteiger partial charge is 0.416 e. The van der Waals surface area contributed by atoms with Gasteiger partial charge in [-0.1, -0.05) is 0 Å². The second kappa shape index (κ2) is 4.68. The number of halogens is 4. The number of nitrogens with zero attached hydrogens (tertiary/aromatic N) is 2. The molecule has 2 aromatic rings. The van der Waals surface area contributed by atoms with E-state index >= 15 is 0 Å². The van der Waals surface area contributed by atoms with Gasteiger partial charge < -0.3 is 0 Å². The van der Waals surface area contributed by atoms with Crippen LogP contribution in [0, 0.1) is 6.92 Å². The Kier molecular flexibility index (Phi) is 3.38. The summed E-state index contributed by atoms with van der Waals surface area (Å²) in [6.07, 6.45) is -2.88. The molecule has 0 radical (unpaired) electrons. The highest BCUT2D eigenvalue weighted by atomic mass is 79.9. The van der Waals surface area contributed by atoms with Gasteiger partial charge in [-0.15, -0.1) is 0 Å². The number of rotatable bonds is 1. The Morgan fingerprint density at radius 2 is 1.89 bits per heavy atom. The smallest absolute Gasteiger partial charge is 0.237 e. The van der Waals surface area contributed by atoms with Crippen molar-refractivity contribution < 1.29 is 13.2 Å². The topological polar surface area (TPSA) is 25.8 Å². The minimum Gasteiger partial charge on any atom is -0.237 e. The fraction of sp³-hybridized carbons (Fsp3) is 0.167. The maximum absolute atomic E-state index is 12.7. The van der Waals surface area contributed by atoms with Crippen LogP contribution < -0.4 is 0 Å². The lowest BCUT2D eigenvalue weighted by molar-refractivity contribution is -0.137. The molecule has 6 heteroatoms. The summed E-state index contributed by atoms with van der Waals surface area (Å²) in [6, 6.07) is 5.39. The van der Waals surface area contributed by atoms with Gasteiger partial charge in [0.15, 0.2) is 5.82 Å². The number of aromatic nitrogens is 2. The highest BCUT2D eigenvalue weighted by molar-refractivity contribution is 9.10. The Balaban J connectivity index is 2.55. The first-order chi connectivity index (χ1) is 8.36. The van der Waals surface area contributed by atoms with Crippen molar-refractivity contribution in [2.75, 3.05) is 0 Å². The highest BCUT2D eigenvalue weighted by Crippen LogP contribution is 2.32. The van der Waals surface area contributed by atoms with Crippen LogP contribution in [0.1, 0.15) is 11.1 Å². The molecule has 0 aliphatic heterocycles. The zero-order valence-electron chi connectivity index (χ0n) is 9.29. The number of hydrogen-bond acceptors (Lipinski definition) is 2. The summed E-state index contributed by atoms with van der Waals surface area (Å²) in [7, 11) is 0. The lowest BCUT2D eigenvalue weighted by atomic mass is 10.1. The van der Waals surface area contributed by atoms with Gasteiger partial charge in [0.25, 0.3) is 0 Å². The zero-order valence-corrected chi connectivity index (χ0v) is 10.9. The van der Waals surface area contributed by atoms with Crippen molar-refractivity contribution in [2.45, 2.75) is 13.1 Å². The van der Waals surface area contributed by atoms with E-state index in [1.54, 1.807) is 19.1 Å². The summed E-state index contributed by atoms with van der Waals surface area (Å²) >= 11 is 3.16. The molecule has 1 heterocycles. The van der Waals surface area contributed by atoms with E-state index < -0.39 is 11.7 Å². The van der Waals surface area contributed by atoms with Crippen molar-refractivity contribution in [3.05, 3.63) is 46.2 Å². The summed E-state index contributed by atoms with van der Waals surface area (Å²) in [5, 5.41) is 0. The number of benzene rings is 1. The predicted octanol–water partition coefficient (Wildman–Crippen LogP) is 4.23. The van der Waals surface area contributed by atoms with Crippen LogP contribution in [0.4, 0.5) is 13.2 Å². The molecule has 18 heavy (non-hydrogen) atoms. The van der Waals surface area contributed by atoms with Crippen molar-refractivity contribution >= 4 is 15.9 Å². The van der Waals surface area contributed by atoms with E-state index in [0.717, 1.165) is 12.1 Å². The van der Waals surface area contributed by atoms with Crippen molar-refractivity contribution in [1.29, 1.82) is 0 Å². The molecular formula is C12H8BrF3N2. The molecule has 0 saturated carbocycles. The van der Waals surface area contributed by atoms with E-state index in [-0.39, 0.29) is 5.82 Å². The minimum absolute atomic E-state index is 0.263. The van der Waals surface area contributed by atoms with Gasteiger partial charge in [0.2, 0.25) is 0 Å². The fourth-order valence-corrected chi connectivity index (χ4v) is 1.84. The third-order valence-corrected chi connectivity index (χ3v) is 2.73. The van der Waals surface area contributed by atoms with E-state index in [0.29, 0.717) is 15.7 Å². The van der Waals surface area contributed by atoms with Gasteiger partial charge in [-0.05, 0) is 52.7 Å². The van der Waals surface area contributed by atoms with Crippen LogP contribution in [0.15, 0.2) is 35.1 Å². The van der Waals surface area contributed by atoms with Crippen LogP contribution in [0.2, 0.25) is 0 Å². The average Bonchev–Trinajstić information content (AvgIpc) is 2.27. The first-order valence-electron chi connectivity index (χ1n) is 5.04. The van der Waals surface area contributed by atoms with Gasteiger partial charge in [0, 0.05) is 11.8 Å². The molecular weight excluding hydrogens is 309 g/mol. The molecule has 2 nitrogen and oxygen atoms in total. The van der Waals surface area contributed by atoms with Crippen molar-refractivity contribution in [2.24, 2.45) is 0 Å². The quantitative estimate of drug-likeness (QED) is 0.736. The second-order valence-corrected chi connectivity index (χ2v) is 4.60. The summed E-state index contributed by atoms with van der Waals surface area (Å²) in [6.45, 7) is 1.61. The maximum atomic E-state index is 12.7. The maximum Gasteiger partial charge on any atom is 0.416 e. The minimum atomic E-state index is -4.37. The Morgan fingerprint density at radius 3 is 2.50 bits per heavy atom. The molecule has 0 aliphatic carbocycles. The van der Waals surface area contributed by atoms with Crippen LogP contribution in [-0.4, -0.2) is 9.97 Å². The molecule has 0 spiro atoms. The van der Waals surface area contributed by atoms with Crippen LogP contribution in [0.5, 0.6) is 0 Å². The van der Waals surface area contributed by atoms with Gasteiger partial charge >= 0.3 is 6.18 Å². The normalized spacial score (nSPS) is 11.6. The molecule has 0 atom stereocenters. The molecule has 94 valence electrons. The van der Waals surface area contributed by atoms with Crippen LogP contribution in [0.25, 0.3) is 11.4 Å². The van der Waals surface area contributed by atoms with Gasteiger partial charge in [-0.3, -0.25) is 0 Å². The lowest BCUT2D eigenvalue weighted by Gasteiger charge is -2.10. The number of alkyl halides is 3. The van der Waals surface area contributed by atoms with Gasteiger partial charge in [-0.2, -0.15) is 13.2 Å². The van der Waals surface area contributed by atoms with Gasteiger partial charge in [0.05, 0.1) is 5.56 Å². The van der Waals surface area contributed by atoms with E-state index in [4.69, 9.17) is 0 Å². The van der Waals surface area contributed by atoms with Crippen molar-refractivity contribution in [1.82, 2.24) is 9.97 Å². The van der Waals surface area contributed by atoms with Crippen LogP contribution in [-0.2, 0) is 6.18 Å². The molecule has 0 N–H and O–H groups in total. The molecule has 0 fully saturated rings. The third kappa shape index (κ3) is 2.87. The van der Waals surface area contributed by atoms with Gasteiger partial charge in [0.1, 0.15) is 4.60 Å². The van der Waals surface area contributed by atoms with E-state index in [2.05, 4.69) is 25.9 Å². The fourth-order valence-electron chi connectivity index (χ4n) is 1.55. The van der Waals surface area contributed by atoms with E-state index in [1.165, 1.54) is 6.20 Å². The molecule has 1 aromatic carbocycles. The SMILES string of the molecule is Cc1cc(-c2nccc(Br)n2)cc(C(F)(F)F)c1. The lowest BCUT2D eigenvalue weighted by Crippen LogP contribution is -2.05. The van der Waals surface area contributed by atoms with Crippen LogP contribution >= 0.6 is 15.9 Å². The first-order valence-corrected chi connectivity index (χ1v) is 5.83. The molecule has 0 amide bonds. The monoisotopic (exact) mass is 316 g/mol. The Bertz CT molecular complexity index is 582. The Labute approximate surface area is 110 Å². The number of hydrogen-bond donors (Lipinski definition) is 0. The molecule has 0 saturated heterocycles. The summed E-state index contributed by atoms with van der Waals surface area (Å²) in [5.74, 6) is 0.263. The second-order valence-electron chi connectivity index (χ2n) is 3.79. The highest BCUT2D eigenvalue weighted by Gasteiger charge is 2.31. The van der Waals surface area contributed by atoms with Crippen LogP contribution in [0.3, 0.4) is 0 Å². The molecule has 0 aliphatic rings. The van der Waals surface area contributed by atoms with Crippen molar-refractivity contribution in [3.63, 3.8) is 0 Å². The summed E-state index contributed by atoms with van der Waals surface area (Å²) in [4.78, 5) is 8.01. The molecule has 0 unspecified atom stereocenters. The molecule has 1 aromatic heterocycles. The summed E-state index contributed by atoms with van der Waals surface area (Å²) < 4.78 is 38.6. The van der Waals surface area contributed by atoms with Crippen molar-refractivity contribution in [3.8, 4) is 11.4 Å². The summed E-state index contributed by atoms with van der Waals surface area (Å²) in [5.41, 5.74) is 0.174. The Morgan fingerprint density at radius 1 is 1.17 bits per heavy atom. The Hall–Kier alpha value is -1.43. The van der Waals surface area contributed by atoms with E-state index in [1.807, 2.05) is 0 Å². The van der Waals surface area contributed by atoms with Gasteiger partial charge in [-0.25, -0.2) is 9.97 Å².